The molecule has 1 saturated heterocycles. The van der Waals surface area contributed by atoms with E-state index in [4.69, 9.17) is 9.47 Å². The summed E-state index contributed by atoms with van der Waals surface area (Å²) in [5.41, 5.74) is 2.63. The molecule has 1 aliphatic carbocycles. The van der Waals surface area contributed by atoms with E-state index < -0.39 is 0 Å². The van der Waals surface area contributed by atoms with E-state index in [1.54, 1.807) is 7.11 Å². The number of benzene rings is 1. The van der Waals surface area contributed by atoms with Crippen LogP contribution in [-0.2, 0) is 16.8 Å². The van der Waals surface area contributed by atoms with Gasteiger partial charge in [0.2, 0.25) is 0 Å². The average Bonchev–Trinajstić information content (AvgIpc) is 2.69. The summed E-state index contributed by atoms with van der Waals surface area (Å²) in [7, 11) is 1.71. The summed E-state index contributed by atoms with van der Waals surface area (Å²) in [6.45, 7) is 2.69. The SMILES string of the molecule is COc1ccc2c(c1)C1(CC2)CNCCO1. The van der Waals surface area contributed by atoms with Crippen molar-refractivity contribution in [3.63, 3.8) is 0 Å². The van der Waals surface area contributed by atoms with Crippen LogP contribution < -0.4 is 10.1 Å². The maximum Gasteiger partial charge on any atom is 0.119 e. The highest BCUT2D eigenvalue weighted by Crippen LogP contribution is 2.42. The molecule has 0 radical (unpaired) electrons. The first kappa shape index (κ1) is 10.1. The van der Waals surface area contributed by atoms with Crippen LogP contribution in [0.3, 0.4) is 0 Å². The number of hydrogen-bond donors (Lipinski definition) is 1. The van der Waals surface area contributed by atoms with Crippen molar-refractivity contribution in [2.45, 2.75) is 18.4 Å². The van der Waals surface area contributed by atoms with E-state index in [9.17, 15) is 0 Å². The second-order valence-corrected chi connectivity index (χ2v) is 4.54. The average molecular weight is 219 g/mol. The predicted octanol–water partition coefficient (Wildman–Crippen LogP) is 1.46. The monoisotopic (exact) mass is 219 g/mol. The molecule has 1 heterocycles. The van der Waals surface area contributed by atoms with E-state index in [1.165, 1.54) is 11.1 Å². The fraction of sp³-hybridized carbons (Fsp3) is 0.538. The fourth-order valence-electron chi connectivity index (χ4n) is 2.79. The van der Waals surface area contributed by atoms with Crippen LogP contribution in [0.15, 0.2) is 18.2 Å². The van der Waals surface area contributed by atoms with Crippen LogP contribution in [0.5, 0.6) is 5.75 Å². The van der Waals surface area contributed by atoms with Crippen LogP contribution in [-0.4, -0.2) is 26.8 Å². The number of methoxy groups -OCH3 is 1. The standard InChI is InChI=1S/C13H17NO2/c1-15-11-3-2-10-4-5-13(12(10)8-11)9-14-6-7-16-13/h2-3,8,14H,4-7,9H2,1H3. The normalized spacial score (nSPS) is 28.1. The molecule has 1 aromatic rings. The molecule has 86 valence electrons. The van der Waals surface area contributed by atoms with Gasteiger partial charge < -0.3 is 14.8 Å². The molecule has 1 N–H and O–H groups in total. The Morgan fingerprint density at radius 3 is 3.12 bits per heavy atom. The first-order valence-electron chi connectivity index (χ1n) is 5.86. The Bertz CT molecular complexity index is 391. The van der Waals surface area contributed by atoms with Crippen LogP contribution in [0.2, 0.25) is 0 Å². The van der Waals surface area contributed by atoms with Crippen molar-refractivity contribution in [2.24, 2.45) is 0 Å². The van der Waals surface area contributed by atoms with Gasteiger partial charge in [-0.25, -0.2) is 0 Å². The number of aryl methyl sites for hydroxylation is 1. The number of morpholine rings is 1. The summed E-state index contributed by atoms with van der Waals surface area (Å²) in [4.78, 5) is 0. The molecule has 3 nitrogen and oxygen atoms in total. The van der Waals surface area contributed by atoms with Crippen LogP contribution >= 0.6 is 0 Å². The van der Waals surface area contributed by atoms with Crippen LogP contribution in [0.4, 0.5) is 0 Å². The van der Waals surface area contributed by atoms with Gasteiger partial charge in [-0.3, -0.25) is 0 Å². The van der Waals surface area contributed by atoms with Crippen LogP contribution in [0, 0.1) is 0 Å². The van der Waals surface area contributed by atoms with Crippen molar-refractivity contribution in [1.82, 2.24) is 5.32 Å². The highest BCUT2D eigenvalue weighted by atomic mass is 16.5. The highest BCUT2D eigenvalue weighted by molar-refractivity contribution is 5.43. The van der Waals surface area contributed by atoms with E-state index >= 15 is 0 Å². The molecular weight excluding hydrogens is 202 g/mol. The molecule has 0 saturated carbocycles. The Labute approximate surface area is 95.8 Å². The maximum absolute atomic E-state index is 6.03. The van der Waals surface area contributed by atoms with Crippen molar-refractivity contribution in [2.75, 3.05) is 26.8 Å². The molecule has 1 fully saturated rings. The van der Waals surface area contributed by atoms with Gasteiger partial charge in [-0.15, -0.1) is 0 Å². The summed E-state index contributed by atoms with van der Waals surface area (Å²) in [5, 5.41) is 3.43. The van der Waals surface area contributed by atoms with E-state index in [-0.39, 0.29) is 5.60 Å². The molecule has 16 heavy (non-hydrogen) atoms. The molecule has 1 aliphatic heterocycles. The Morgan fingerprint density at radius 2 is 2.38 bits per heavy atom. The molecule has 0 bridgehead atoms. The third-order valence-electron chi connectivity index (χ3n) is 3.67. The third-order valence-corrected chi connectivity index (χ3v) is 3.67. The van der Waals surface area contributed by atoms with Gasteiger partial charge in [0, 0.05) is 13.1 Å². The topological polar surface area (TPSA) is 30.5 Å². The minimum absolute atomic E-state index is 0.0951. The second-order valence-electron chi connectivity index (χ2n) is 4.54. The van der Waals surface area contributed by atoms with Crippen molar-refractivity contribution < 1.29 is 9.47 Å². The zero-order valence-electron chi connectivity index (χ0n) is 9.58. The first-order valence-corrected chi connectivity index (χ1v) is 5.86. The van der Waals surface area contributed by atoms with E-state index in [0.717, 1.165) is 38.3 Å². The quantitative estimate of drug-likeness (QED) is 0.775. The Kier molecular flexibility index (Phi) is 2.37. The lowest BCUT2D eigenvalue weighted by Gasteiger charge is -2.35. The van der Waals surface area contributed by atoms with Crippen LogP contribution in [0.1, 0.15) is 17.5 Å². The second kappa shape index (κ2) is 3.75. The Hall–Kier alpha value is -1.06. The molecule has 1 spiro atoms. The Balaban J connectivity index is 2.02. The number of fused-ring (bicyclic) bond motifs is 2. The van der Waals surface area contributed by atoms with Gasteiger partial charge in [0.25, 0.3) is 0 Å². The molecule has 0 aromatic heterocycles. The zero-order valence-corrected chi connectivity index (χ0v) is 9.58. The molecule has 1 unspecified atom stereocenters. The van der Waals surface area contributed by atoms with Crippen LogP contribution in [0.25, 0.3) is 0 Å². The van der Waals surface area contributed by atoms with Gasteiger partial charge in [-0.1, -0.05) is 6.07 Å². The molecule has 2 aliphatic rings. The highest BCUT2D eigenvalue weighted by Gasteiger charge is 2.41. The molecule has 1 atom stereocenters. The van der Waals surface area contributed by atoms with Crippen molar-refractivity contribution in [3.8, 4) is 5.75 Å². The zero-order chi connectivity index (χ0) is 11.0. The molecule has 3 rings (SSSR count). The minimum Gasteiger partial charge on any atom is -0.497 e. The molecule has 1 aromatic carbocycles. The number of nitrogens with one attached hydrogen (secondary N) is 1. The number of rotatable bonds is 1. The maximum atomic E-state index is 6.03. The third kappa shape index (κ3) is 1.43. The van der Waals surface area contributed by atoms with Gasteiger partial charge in [0.15, 0.2) is 0 Å². The fourth-order valence-corrected chi connectivity index (χ4v) is 2.79. The predicted molar refractivity (Wildman–Crippen MR) is 61.8 cm³/mol. The van der Waals surface area contributed by atoms with Crippen molar-refractivity contribution >= 4 is 0 Å². The van der Waals surface area contributed by atoms with Crippen molar-refractivity contribution in [1.29, 1.82) is 0 Å². The molecule has 0 amide bonds. The summed E-state index contributed by atoms with van der Waals surface area (Å²) in [6, 6.07) is 6.34. The minimum atomic E-state index is -0.0951. The van der Waals surface area contributed by atoms with Crippen molar-refractivity contribution in [3.05, 3.63) is 29.3 Å². The van der Waals surface area contributed by atoms with Gasteiger partial charge >= 0.3 is 0 Å². The van der Waals surface area contributed by atoms with Gasteiger partial charge in [-0.2, -0.15) is 0 Å². The molecule has 3 heteroatoms. The van der Waals surface area contributed by atoms with E-state index in [1.807, 2.05) is 6.07 Å². The van der Waals surface area contributed by atoms with Gasteiger partial charge in [0.05, 0.1) is 13.7 Å². The molecular formula is C13H17NO2. The number of hydrogen-bond acceptors (Lipinski definition) is 3. The lowest BCUT2D eigenvalue weighted by Crippen LogP contribution is -2.46. The smallest absolute Gasteiger partial charge is 0.119 e. The Morgan fingerprint density at radius 1 is 1.44 bits per heavy atom. The first-order chi connectivity index (χ1) is 7.84. The summed E-state index contributed by atoms with van der Waals surface area (Å²) >= 11 is 0. The summed E-state index contributed by atoms with van der Waals surface area (Å²) in [6.07, 6.45) is 2.20. The van der Waals surface area contributed by atoms with Gasteiger partial charge in [-0.05, 0) is 36.1 Å². The summed E-state index contributed by atoms with van der Waals surface area (Å²) < 4.78 is 11.3. The van der Waals surface area contributed by atoms with Gasteiger partial charge in [0.1, 0.15) is 11.4 Å². The summed E-state index contributed by atoms with van der Waals surface area (Å²) in [5.74, 6) is 0.925. The van der Waals surface area contributed by atoms with E-state index in [0.29, 0.717) is 0 Å². The lowest BCUT2D eigenvalue weighted by molar-refractivity contribution is -0.0695. The number of ether oxygens (including phenoxy) is 2. The largest absolute Gasteiger partial charge is 0.497 e. The van der Waals surface area contributed by atoms with E-state index in [2.05, 4.69) is 17.4 Å². The lowest BCUT2D eigenvalue weighted by atomic mass is 9.94.